The van der Waals surface area contributed by atoms with Crippen molar-refractivity contribution in [2.75, 3.05) is 7.11 Å². The van der Waals surface area contributed by atoms with Crippen LogP contribution < -0.4 is 10.6 Å². The van der Waals surface area contributed by atoms with Gasteiger partial charge in [0, 0.05) is 5.70 Å². The molecule has 0 saturated carbocycles. The van der Waals surface area contributed by atoms with E-state index in [-0.39, 0.29) is 12.0 Å². The molecule has 1 aliphatic rings. The number of rotatable bonds is 2. The van der Waals surface area contributed by atoms with E-state index >= 15 is 0 Å². The first-order chi connectivity index (χ1) is 9.04. The van der Waals surface area contributed by atoms with E-state index in [0.717, 1.165) is 16.8 Å². The number of hydrogen-bond acceptors (Lipinski definition) is 3. The monoisotopic (exact) mass is 276 g/mol. The van der Waals surface area contributed by atoms with Gasteiger partial charge in [0.15, 0.2) is 5.11 Å². The van der Waals surface area contributed by atoms with Crippen LogP contribution in [0.15, 0.2) is 35.5 Å². The lowest BCUT2D eigenvalue weighted by atomic mass is 9.92. The van der Waals surface area contributed by atoms with Crippen molar-refractivity contribution in [1.82, 2.24) is 10.6 Å². The minimum Gasteiger partial charge on any atom is -0.466 e. The first kappa shape index (κ1) is 13.5. The van der Waals surface area contributed by atoms with Crippen LogP contribution in [0.4, 0.5) is 0 Å². The Bertz CT molecular complexity index is 566. The lowest BCUT2D eigenvalue weighted by Crippen LogP contribution is -2.45. The van der Waals surface area contributed by atoms with Gasteiger partial charge in [0.1, 0.15) is 0 Å². The molecule has 1 aliphatic heterocycles. The molecular formula is C14H16N2O2S. The summed E-state index contributed by atoms with van der Waals surface area (Å²) in [5.41, 5.74) is 3.40. The van der Waals surface area contributed by atoms with Gasteiger partial charge in [0.25, 0.3) is 0 Å². The molecule has 0 saturated heterocycles. The van der Waals surface area contributed by atoms with Crippen molar-refractivity contribution in [3.05, 3.63) is 46.7 Å². The number of allylic oxidation sites excluding steroid dienone is 1. The number of ether oxygens (including phenoxy) is 1. The van der Waals surface area contributed by atoms with Gasteiger partial charge in [-0.05, 0) is 37.2 Å². The summed E-state index contributed by atoms with van der Waals surface area (Å²) in [5, 5.41) is 6.61. The quantitative estimate of drug-likeness (QED) is 0.639. The summed E-state index contributed by atoms with van der Waals surface area (Å²) in [4.78, 5) is 12.0. The number of benzene rings is 1. The molecule has 2 N–H and O–H groups in total. The molecule has 0 fully saturated rings. The molecule has 1 heterocycles. The van der Waals surface area contributed by atoms with Crippen molar-refractivity contribution in [3.63, 3.8) is 0 Å². The van der Waals surface area contributed by atoms with Crippen LogP contribution in [0.3, 0.4) is 0 Å². The molecule has 0 spiro atoms. The van der Waals surface area contributed by atoms with Crippen LogP contribution in [-0.2, 0) is 9.53 Å². The van der Waals surface area contributed by atoms with E-state index < -0.39 is 0 Å². The molecule has 1 aromatic rings. The molecule has 5 heteroatoms. The van der Waals surface area contributed by atoms with Gasteiger partial charge < -0.3 is 15.4 Å². The fourth-order valence-electron chi connectivity index (χ4n) is 2.22. The van der Waals surface area contributed by atoms with E-state index in [1.54, 1.807) is 0 Å². The molecule has 0 bridgehead atoms. The summed E-state index contributed by atoms with van der Waals surface area (Å²) < 4.78 is 4.87. The molecule has 1 atom stereocenters. The second-order valence-electron chi connectivity index (χ2n) is 4.42. The highest BCUT2D eigenvalue weighted by atomic mass is 32.1. The molecule has 0 radical (unpaired) electrons. The van der Waals surface area contributed by atoms with E-state index in [1.165, 1.54) is 7.11 Å². The summed E-state index contributed by atoms with van der Waals surface area (Å²) in [6.07, 6.45) is 0. The number of nitrogens with one attached hydrogen (secondary N) is 2. The van der Waals surface area contributed by atoms with Crippen molar-refractivity contribution >= 4 is 23.3 Å². The van der Waals surface area contributed by atoms with Crippen LogP contribution in [0.1, 0.15) is 24.1 Å². The van der Waals surface area contributed by atoms with Gasteiger partial charge in [-0.1, -0.05) is 24.3 Å². The van der Waals surface area contributed by atoms with Crippen LogP contribution >= 0.6 is 12.2 Å². The highest BCUT2D eigenvalue weighted by molar-refractivity contribution is 7.80. The highest BCUT2D eigenvalue weighted by Gasteiger charge is 2.31. The fraction of sp³-hybridized carbons (Fsp3) is 0.286. The van der Waals surface area contributed by atoms with Crippen LogP contribution in [0, 0.1) is 6.92 Å². The first-order valence-corrected chi connectivity index (χ1v) is 6.37. The van der Waals surface area contributed by atoms with Crippen molar-refractivity contribution in [3.8, 4) is 0 Å². The summed E-state index contributed by atoms with van der Waals surface area (Å²) in [7, 11) is 1.38. The van der Waals surface area contributed by atoms with Crippen molar-refractivity contribution in [1.29, 1.82) is 0 Å². The van der Waals surface area contributed by atoms with E-state index in [1.807, 2.05) is 38.1 Å². The van der Waals surface area contributed by atoms with Gasteiger partial charge in [-0.25, -0.2) is 4.79 Å². The molecule has 2 rings (SSSR count). The van der Waals surface area contributed by atoms with Gasteiger partial charge in [-0.2, -0.15) is 0 Å². The SMILES string of the molecule is COC(=O)C1=C(C)NC(=S)N[C@H]1c1ccccc1C. The summed E-state index contributed by atoms with van der Waals surface area (Å²) in [6.45, 7) is 3.83. The zero-order valence-electron chi connectivity index (χ0n) is 11.1. The zero-order valence-corrected chi connectivity index (χ0v) is 11.9. The van der Waals surface area contributed by atoms with Crippen LogP contribution in [-0.4, -0.2) is 18.2 Å². The summed E-state index contributed by atoms with van der Waals surface area (Å²) in [5.74, 6) is -0.353. The molecule has 0 aliphatic carbocycles. The Morgan fingerprint density at radius 2 is 2.00 bits per heavy atom. The van der Waals surface area contributed by atoms with Gasteiger partial charge in [-0.15, -0.1) is 0 Å². The predicted octanol–water partition coefficient (Wildman–Crippen LogP) is 1.96. The van der Waals surface area contributed by atoms with Crippen LogP contribution in [0.25, 0.3) is 0 Å². The predicted molar refractivity (Wildman–Crippen MR) is 77.5 cm³/mol. The Kier molecular flexibility index (Phi) is 3.85. The Balaban J connectivity index is 2.53. The maximum absolute atomic E-state index is 12.0. The molecule has 0 amide bonds. The Labute approximate surface area is 117 Å². The molecule has 1 aromatic carbocycles. The number of methoxy groups -OCH3 is 1. The van der Waals surface area contributed by atoms with Gasteiger partial charge >= 0.3 is 5.97 Å². The zero-order chi connectivity index (χ0) is 14.0. The maximum atomic E-state index is 12.0. The second kappa shape index (κ2) is 5.40. The third-order valence-electron chi connectivity index (χ3n) is 3.17. The van der Waals surface area contributed by atoms with Crippen molar-refractivity contribution in [2.45, 2.75) is 19.9 Å². The lowest BCUT2D eigenvalue weighted by molar-refractivity contribution is -0.136. The van der Waals surface area contributed by atoms with E-state index in [9.17, 15) is 4.79 Å². The lowest BCUT2D eigenvalue weighted by Gasteiger charge is -2.30. The Hall–Kier alpha value is -1.88. The molecule has 100 valence electrons. The Morgan fingerprint density at radius 3 is 2.63 bits per heavy atom. The topological polar surface area (TPSA) is 50.4 Å². The van der Waals surface area contributed by atoms with E-state index in [2.05, 4.69) is 10.6 Å². The number of esters is 1. The largest absolute Gasteiger partial charge is 0.466 e. The van der Waals surface area contributed by atoms with Crippen molar-refractivity contribution < 1.29 is 9.53 Å². The normalized spacial score (nSPS) is 18.7. The maximum Gasteiger partial charge on any atom is 0.337 e. The van der Waals surface area contributed by atoms with E-state index in [0.29, 0.717) is 10.7 Å². The van der Waals surface area contributed by atoms with Crippen LogP contribution in [0.2, 0.25) is 0 Å². The van der Waals surface area contributed by atoms with E-state index in [4.69, 9.17) is 17.0 Å². The highest BCUT2D eigenvalue weighted by Crippen LogP contribution is 2.29. The minimum absolute atomic E-state index is 0.276. The molecule has 4 nitrogen and oxygen atoms in total. The average Bonchev–Trinajstić information content (AvgIpc) is 2.37. The Morgan fingerprint density at radius 1 is 1.32 bits per heavy atom. The van der Waals surface area contributed by atoms with Gasteiger partial charge in [0.05, 0.1) is 18.7 Å². The smallest absolute Gasteiger partial charge is 0.337 e. The van der Waals surface area contributed by atoms with Crippen molar-refractivity contribution in [2.24, 2.45) is 0 Å². The van der Waals surface area contributed by atoms with Gasteiger partial charge in [0.2, 0.25) is 0 Å². The molecule has 0 unspecified atom stereocenters. The number of carbonyl (C=O) groups is 1. The summed E-state index contributed by atoms with van der Waals surface area (Å²) in [6, 6.07) is 7.62. The third-order valence-corrected chi connectivity index (χ3v) is 3.39. The molecule has 0 aromatic heterocycles. The molecule has 19 heavy (non-hydrogen) atoms. The van der Waals surface area contributed by atoms with Gasteiger partial charge in [-0.3, -0.25) is 0 Å². The second-order valence-corrected chi connectivity index (χ2v) is 4.83. The first-order valence-electron chi connectivity index (χ1n) is 5.96. The minimum atomic E-state index is -0.353. The average molecular weight is 276 g/mol. The number of aryl methyl sites for hydroxylation is 1. The number of carbonyl (C=O) groups excluding carboxylic acids is 1. The standard InChI is InChI=1S/C14H16N2O2S/c1-8-6-4-5-7-10(8)12-11(13(17)18-3)9(2)15-14(19)16-12/h4-7,12H,1-3H3,(H2,15,16,19)/t12-/m0/s1. The molecular weight excluding hydrogens is 260 g/mol. The fourth-order valence-corrected chi connectivity index (χ4v) is 2.49. The van der Waals surface area contributed by atoms with Crippen LogP contribution in [0.5, 0.6) is 0 Å². The third kappa shape index (κ3) is 2.61. The number of thiocarbonyl (C=S) groups is 1. The number of hydrogen-bond donors (Lipinski definition) is 2. The summed E-state index contributed by atoms with van der Waals surface area (Å²) >= 11 is 5.17.